The Balaban J connectivity index is 1.87. The first-order valence-electron chi connectivity index (χ1n) is 7.15. The summed E-state index contributed by atoms with van der Waals surface area (Å²) < 4.78 is 1.87. The summed E-state index contributed by atoms with van der Waals surface area (Å²) in [7, 11) is 0. The smallest absolute Gasteiger partial charge is 0.247 e. The van der Waals surface area contributed by atoms with Crippen molar-refractivity contribution < 1.29 is 4.79 Å². The number of fused-ring (bicyclic) bond motifs is 1. The van der Waals surface area contributed by atoms with Crippen LogP contribution in [0.25, 0.3) is 11.0 Å². The fraction of sp³-hybridized carbons (Fsp3) is 0.176. The Morgan fingerprint density at radius 1 is 1.23 bits per heavy atom. The fourth-order valence-corrected chi connectivity index (χ4v) is 2.44. The summed E-state index contributed by atoms with van der Waals surface area (Å²) in [6.45, 7) is 3.74. The van der Waals surface area contributed by atoms with Crippen LogP contribution in [0, 0.1) is 6.92 Å². The van der Waals surface area contributed by atoms with Crippen LogP contribution < -0.4 is 11.1 Å². The van der Waals surface area contributed by atoms with Gasteiger partial charge >= 0.3 is 0 Å². The number of nitrogens with one attached hydrogen (secondary N) is 1. The van der Waals surface area contributed by atoms with Gasteiger partial charge in [0, 0.05) is 11.4 Å². The first-order valence-corrected chi connectivity index (χ1v) is 7.15. The number of para-hydroxylation sites is 2. The molecule has 112 valence electrons. The summed E-state index contributed by atoms with van der Waals surface area (Å²) in [6.07, 6.45) is 1.70. The Labute approximate surface area is 128 Å². The van der Waals surface area contributed by atoms with Crippen LogP contribution in [0.3, 0.4) is 0 Å². The Morgan fingerprint density at radius 3 is 2.82 bits per heavy atom. The number of carbonyl (C=O) groups excluding carboxylic acids is 1. The van der Waals surface area contributed by atoms with E-state index in [9.17, 15) is 4.79 Å². The van der Waals surface area contributed by atoms with E-state index in [1.165, 1.54) is 0 Å². The molecule has 1 unspecified atom stereocenters. The van der Waals surface area contributed by atoms with Crippen molar-refractivity contribution in [1.82, 2.24) is 9.55 Å². The van der Waals surface area contributed by atoms with E-state index < -0.39 is 0 Å². The third-order valence-corrected chi connectivity index (χ3v) is 3.91. The number of benzene rings is 2. The normalized spacial score (nSPS) is 12.3. The number of hydrogen-bond acceptors (Lipinski definition) is 3. The Morgan fingerprint density at radius 2 is 2.00 bits per heavy atom. The predicted octanol–water partition coefficient (Wildman–Crippen LogP) is 3.13. The van der Waals surface area contributed by atoms with Gasteiger partial charge < -0.3 is 15.6 Å². The van der Waals surface area contributed by atoms with Gasteiger partial charge in [-0.3, -0.25) is 4.79 Å². The number of nitrogen functional groups attached to an aromatic ring is 1. The van der Waals surface area contributed by atoms with Crippen LogP contribution in [0.15, 0.2) is 48.8 Å². The molecule has 5 heteroatoms. The van der Waals surface area contributed by atoms with Crippen molar-refractivity contribution >= 4 is 28.3 Å². The van der Waals surface area contributed by atoms with Crippen LogP contribution in [0.2, 0.25) is 0 Å². The van der Waals surface area contributed by atoms with Gasteiger partial charge in [-0.1, -0.05) is 18.2 Å². The van der Waals surface area contributed by atoms with Crippen LogP contribution in [0.5, 0.6) is 0 Å². The molecule has 0 saturated heterocycles. The zero-order chi connectivity index (χ0) is 15.7. The van der Waals surface area contributed by atoms with E-state index in [0.717, 1.165) is 22.3 Å². The van der Waals surface area contributed by atoms with Crippen LogP contribution in [0.1, 0.15) is 18.5 Å². The van der Waals surface area contributed by atoms with Crippen LogP contribution >= 0.6 is 0 Å². The summed E-state index contributed by atoms with van der Waals surface area (Å²) in [5.41, 5.74) is 9.97. The zero-order valence-corrected chi connectivity index (χ0v) is 12.6. The minimum atomic E-state index is -0.367. The monoisotopic (exact) mass is 294 g/mol. The number of hydrogen-bond donors (Lipinski definition) is 2. The van der Waals surface area contributed by atoms with E-state index in [1.54, 1.807) is 6.33 Å². The van der Waals surface area contributed by atoms with Gasteiger partial charge in [0.15, 0.2) is 0 Å². The van der Waals surface area contributed by atoms with E-state index in [2.05, 4.69) is 10.3 Å². The molecule has 0 aliphatic rings. The average Bonchev–Trinajstić information content (AvgIpc) is 2.95. The zero-order valence-electron chi connectivity index (χ0n) is 12.6. The highest BCUT2D eigenvalue weighted by Crippen LogP contribution is 2.23. The van der Waals surface area contributed by atoms with Gasteiger partial charge in [0.25, 0.3) is 0 Å². The standard InChI is InChI=1S/C17H18N4O/c1-11-13(18)6-5-8-14(11)20-17(22)12(2)21-10-19-15-7-3-4-9-16(15)21/h3-10,12H,18H2,1-2H3,(H,20,22). The van der Waals surface area contributed by atoms with Gasteiger partial charge in [-0.2, -0.15) is 0 Å². The van der Waals surface area contributed by atoms with Gasteiger partial charge in [-0.05, 0) is 43.7 Å². The number of carbonyl (C=O) groups is 1. The highest BCUT2D eigenvalue weighted by molar-refractivity contribution is 5.95. The highest BCUT2D eigenvalue weighted by atomic mass is 16.2. The van der Waals surface area contributed by atoms with E-state index >= 15 is 0 Å². The van der Waals surface area contributed by atoms with E-state index in [1.807, 2.05) is 60.9 Å². The molecular formula is C17H18N4O. The molecule has 0 fully saturated rings. The highest BCUT2D eigenvalue weighted by Gasteiger charge is 2.18. The lowest BCUT2D eigenvalue weighted by atomic mass is 10.1. The van der Waals surface area contributed by atoms with Gasteiger partial charge in [0.1, 0.15) is 6.04 Å². The second-order valence-electron chi connectivity index (χ2n) is 5.33. The summed E-state index contributed by atoms with van der Waals surface area (Å²) in [4.78, 5) is 16.8. The molecule has 3 N–H and O–H groups in total. The summed E-state index contributed by atoms with van der Waals surface area (Å²) >= 11 is 0. The van der Waals surface area contributed by atoms with Crippen LogP contribution in [0.4, 0.5) is 11.4 Å². The molecule has 0 radical (unpaired) electrons. The molecule has 0 aliphatic heterocycles. The predicted molar refractivity (Wildman–Crippen MR) is 88.7 cm³/mol. The summed E-state index contributed by atoms with van der Waals surface area (Å²) in [5, 5.41) is 2.94. The van der Waals surface area contributed by atoms with E-state index in [4.69, 9.17) is 5.73 Å². The van der Waals surface area contributed by atoms with Gasteiger partial charge in [0.05, 0.1) is 17.4 Å². The maximum Gasteiger partial charge on any atom is 0.247 e. The number of anilines is 2. The fourth-order valence-electron chi connectivity index (χ4n) is 2.44. The lowest BCUT2D eigenvalue weighted by Crippen LogP contribution is -2.23. The topological polar surface area (TPSA) is 72.9 Å². The van der Waals surface area contributed by atoms with Crippen molar-refractivity contribution in [3.05, 3.63) is 54.4 Å². The number of rotatable bonds is 3. The number of aromatic nitrogens is 2. The lowest BCUT2D eigenvalue weighted by molar-refractivity contribution is -0.118. The van der Waals surface area contributed by atoms with Crippen molar-refractivity contribution in [2.75, 3.05) is 11.1 Å². The maximum atomic E-state index is 12.5. The molecule has 2 aromatic carbocycles. The molecule has 3 rings (SSSR count). The Kier molecular flexibility index (Phi) is 3.55. The molecule has 1 heterocycles. The molecule has 1 aromatic heterocycles. The quantitative estimate of drug-likeness (QED) is 0.729. The number of amides is 1. The second-order valence-corrected chi connectivity index (χ2v) is 5.33. The van der Waals surface area contributed by atoms with Crippen LogP contribution in [-0.4, -0.2) is 15.5 Å². The molecule has 22 heavy (non-hydrogen) atoms. The molecule has 3 aromatic rings. The molecular weight excluding hydrogens is 276 g/mol. The SMILES string of the molecule is Cc1c(N)cccc1NC(=O)C(C)n1cnc2ccccc21. The molecule has 1 atom stereocenters. The molecule has 0 spiro atoms. The van der Waals surface area contributed by atoms with E-state index in [-0.39, 0.29) is 11.9 Å². The van der Waals surface area contributed by atoms with Crippen LogP contribution in [-0.2, 0) is 4.79 Å². The second kappa shape index (κ2) is 5.52. The number of nitrogens with zero attached hydrogens (tertiary/aromatic N) is 2. The van der Waals surface area contributed by atoms with Gasteiger partial charge in [-0.25, -0.2) is 4.98 Å². The summed E-state index contributed by atoms with van der Waals surface area (Å²) in [6, 6.07) is 12.9. The van der Waals surface area contributed by atoms with Crippen molar-refractivity contribution in [3.8, 4) is 0 Å². The molecule has 5 nitrogen and oxygen atoms in total. The lowest BCUT2D eigenvalue weighted by Gasteiger charge is -2.16. The summed E-state index contributed by atoms with van der Waals surface area (Å²) in [5.74, 6) is -0.100. The molecule has 1 amide bonds. The Hall–Kier alpha value is -2.82. The minimum Gasteiger partial charge on any atom is -0.398 e. The molecule has 0 aliphatic carbocycles. The number of imidazole rings is 1. The largest absolute Gasteiger partial charge is 0.398 e. The molecule has 0 saturated carbocycles. The van der Waals surface area contributed by atoms with Gasteiger partial charge in [-0.15, -0.1) is 0 Å². The third kappa shape index (κ3) is 2.41. The van der Waals surface area contributed by atoms with E-state index in [0.29, 0.717) is 5.69 Å². The van der Waals surface area contributed by atoms with Crippen molar-refractivity contribution in [2.45, 2.75) is 19.9 Å². The van der Waals surface area contributed by atoms with Crippen molar-refractivity contribution in [1.29, 1.82) is 0 Å². The van der Waals surface area contributed by atoms with Gasteiger partial charge in [0.2, 0.25) is 5.91 Å². The van der Waals surface area contributed by atoms with Crippen molar-refractivity contribution in [2.24, 2.45) is 0 Å². The average molecular weight is 294 g/mol. The first-order chi connectivity index (χ1) is 10.6. The number of nitrogens with two attached hydrogens (primary N) is 1. The maximum absolute atomic E-state index is 12.5. The van der Waals surface area contributed by atoms with Crippen molar-refractivity contribution in [3.63, 3.8) is 0 Å². The Bertz CT molecular complexity index is 838. The third-order valence-electron chi connectivity index (χ3n) is 3.91. The molecule has 0 bridgehead atoms. The first kappa shape index (κ1) is 14.1. The minimum absolute atomic E-state index is 0.100.